The fourth-order valence-electron chi connectivity index (χ4n) is 1.21. The van der Waals surface area contributed by atoms with Crippen LogP contribution in [0.4, 0.5) is 0 Å². The third-order valence-corrected chi connectivity index (χ3v) is 2.42. The molecule has 2 rings (SSSR count). The van der Waals surface area contributed by atoms with E-state index in [1.807, 2.05) is 0 Å². The predicted octanol–water partition coefficient (Wildman–Crippen LogP) is 0.858. The van der Waals surface area contributed by atoms with Gasteiger partial charge in [-0.15, -0.1) is 12.4 Å². The van der Waals surface area contributed by atoms with Crippen molar-refractivity contribution in [1.29, 1.82) is 0 Å². The zero-order chi connectivity index (χ0) is 9.97. The summed E-state index contributed by atoms with van der Waals surface area (Å²) in [5.74, 6) is -0.158. The Morgan fingerprint density at radius 3 is 2.87 bits per heavy atom. The summed E-state index contributed by atoms with van der Waals surface area (Å²) in [6, 6.07) is 3.58. The molecule has 0 atom stereocenters. The predicted molar refractivity (Wildman–Crippen MR) is 60.6 cm³/mol. The van der Waals surface area contributed by atoms with E-state index in [1.165, 1.54) is 0 Å². The number of halogens is 2. The Hall–Kier alpha value is -0.840. The van der Waals surface area contributed by atoms with Crippen LogP contribution in [0, 0.1) is 0 Å². The smallest absolute Gasteiger partial charge is 0.254 e. The third-order valence-electron chi connectivity index (χ3n) is 2.12. The summed E-state index contributed by atoms with van der Waals surface area (Å²) in [4.78, 5) is 15.4. The molecule has 0 bridgehead atoms. The average molecular weight is 248 g/mol. The van der Waals surface area contributed by atoms with Crippen LogP contribution in [-0.4, -0.2) is 30.0 Å². The summed E-state index contributed by atoms with van der Waals surface area (Å²) < 4.78 is 0. The van der Waals surface area contributed by atoms with Crippen LogP contribution in [0.1, 0.15) is 10.4 Å². The van der Waals surface area contributed by atoms with Gasteiger partial charge >= 0.3 is 0 Å². The first-order valence-corrected chi connectivity index (χ1v) is 4.77. The van der Waals surface area contributed by atoms with E-state index in [0.29, 0.717) is 5.56 Å². The highest BCUT2D eigenvalue weighted by molar-refractivity contribution is 6.32. The highest BCUT2D eigenvalue weighted by Gasteiger charge is 2.20. The van der Waals surface area contributed by atoms with Crippen LogP contribution in [-0.2, 0) is 0 Å². The first-order chi connectivity index (χ1) is 6.77. The van der Waals surface area contributed by atoms with E-state index in [0.717, 1.165) is 13.1 Å². The molecule has 1 fully saturated rings. The lowest BCUT2D eigenvalue weighted by molar-refractivity contribution is 0.0923. The monoisotopic (exact) mass is 247 g/mol. The lowest BCUT2D eigenvalue weighted by atomic mass is 10.1. The summed E-state index contributed by atoms with van der Waals surface area (Å²) in [7, 11) is 0. The van der Waals surface area contributed by atoms with Crippen molar-refractivity contribution in [3.05, 3.63) is 29.0 Å². The Kier molecular flexibility index (Phi) is 4.32. The summed E-state index contributed by atoms with van der Waals surface area (Å²) in [5.41, 5.74) is 0.432. The van der Waals surface area contributed by atoms with Crippen LogP contribution in [0.15, 0.2) is 18.3 Å². The van der Waals surface area contributed by atoms with Gasteiger partial charge in [0.2, 0.25) is 0 Å². The average Bonchev–Trinajstić information content (AvgIpc) is 2.12. The standard InChI is InChI=1S/C9H10ClN3O.ClH/c10-8-7(2-1-3-12-8)9(14)13-6-4-11-5-6;/h1-3,6,11H,4-5H2,(H,13,14);1H. The number of aromatic nitrogens is 1. The molecule has 6 heteroatoms. The van der Waals surface area contributed by atoms with Crippen LogP contribution < -0.4 is 10.6 Å². The van der Waals surface area contributed by atoms with Gasteiger partial charge in [-0.05, 0) is 12.1 Å². The third kappa shape index (κ3) is 2.81. The topological polar surface area (TPSA) is 54.0 Å². The number of hydrogen-bond donors (Lipinski definition) is 2. The first-order valence-electron chi connectivity index (χ1n) is 4.39. The van der Waals surface area contributed by atoms with Crippen molar-refractivity contribution in [3.63, 3.8) is 0 Å². The number of carbonyl (C=O) groups excluding carboxylic acids is 1. The molecule has 2 heterocycles. The molecule has 0 saturated carbocycles. The molecule has 0 spiro atoms. The van der Waals surface area contributed by atoms with Gasteiger partial charge in [0.05, 0.1) is 11.6 Å². The minimum atomic E-state index is -0.158. The molecule has 82 valence electrons. The van der Waals surface area contributed by atoms with E-state index in [1.54, 1.807) is 18.3 Å². The molecule has 1 aliphatic rings. The molecule has 0 radical (unpaired) electrons. The van der Waals surface area contributed by atoms with Crippen molar-refractivity contribution < 1.29 is 4.79 Å². The van der Waals surface area contributed by atoms with Crippen molar-refractivity contribution in [2.75, 3.05) is 13.1 Å². The van der Waals surface area contributed by atoms with Gasteiger partial charge in [-0.3, -0.25) is 4.79 Å². The molecule has 0 aromatic carbocycles. The van der Waals surface area contributed by atoms with E-state index >= 15 is 0 Å². The molecule has 1 saturated heterocycles. The molecule has 1 aromatic rings. The van der Waals surface area contributed by atoms with Gasteiger partial charge in [-0.2, -0.15) is 0 Å². The quantitative estimate of drug-likeness (QED) is 0.763. The number of pyridine rings is 1. The minimum Gasteiger partial charge on any atom is -0.347 e. The van der Waals surface area contributed by atoms with Gasteiger partial charge < -0.3 is 10.6 Å². The Morgan fingerprint density at radius 2 is 2.33 bits per heavy atom. The minimum absolute atomic E-state index is 0. The number of nitrogens with one attached hydrogen (secondary N) is 2. The SMILES string of the molecule is Cl.O=C(NC1CNC1)c1cccnc1Cl. The molecule has 1 amide bonds. The van der Waals surface area contributed by atoms with Crippen LogP contribution >= 0.6 is 24.0 Å². The Balaban J connectivity index is 0.00000112. The number of carbonyl (C=O) groups is 1. The van der Waals surface area contributed by atoms with Crippen LogP contribution in [0.2, 0.25) is 5.15 Å². The summed E-state index contributed by atoms with van der Waals surface area (Å²) in [6.07, 6.45) is 1.56. The second kappa shape index (κ2) is 5.30. The zero-order valence-electron chi connectivity index (χ0n) is 7.87. The van der Waals surface area contributed by atoms with Gasteiger partial charge in [0.1, 0.15) is 5.15 Å². The van der Waals surface area contributed by atoms with Gasteiger partial charge in [0.15, 0.2) is 0 Å². The number of rotatable bonds is 2. The highest BCUT2D eigenvalue weighted by atomic mass is 35.5. The summed E-state index contributed by atoms with van der Waals surface area (Å²) >= 11 is 5.78. The Bertz CT molecular complexity index is 355. The maximum atomic E-state index is 11.6. The molecule has 0 unspecified atom stereocenters. The lowest BCUT2D eigenvalue weighted by Crippen LogP contribution is -2.56. The molecular formula is C9H11Cl2N3O. The maximum Gasteiger partial charge on any atom is 0.254 e. The number of nitrogens with zero attached hydrogens (tertiary/aromatic N) is 1. The van der Waals surface area contributed by atoms with Gasteiger partial charge in [-0.1, -0.05) is 11.6 Å². The van der Waals surface area contributed by atoms with E-state index in [-0.39, 0.29) is 29.5 Å². The van der Waals surface area contributed by atoms with Gasteiger partial charge in [0.25, 0.3) is 5.91 Å². The molecule has 2 N–H and O–H groups in total. The normalized spacial score (nSPS) is 15.0. The van der Waals surface area contributed by atoms with E-state index < -0.39 is 0 Å². The molecular weight excluding hydrogens is 237 g/mol. The van der Waals surface area contributed by atoms with Crippen LogP contribution in [0.5, 0.6) is 0 Å². The second-order valence-electron chi connectivity index (χ2n) is 3.17. The van der Waals surface area contributed by atoms with Gasteiger partial charge in [-0.25, -0.2) is 4.98 Å². The van der Waals surface area contributed by atoms with E-state index in [9.17, 15) is 4.79 Å². The molecule has 15 heavy (non-hydrogen) atoms. The fraction of sp³-hybridized carbons (Fsp3) is 0.333. The van der Waals surface area contributed by atoms with Gasteiger partial charge in [0, 0.05) is 19.3 Å². The number of hydrogen-bond acceptors (Lipinski definition) is 3. The Labute approximate surface area is 98.8 Å². The largest absolute Gasteiger partial charge is 0.347 e. The molecule has 1 aliphatic heterocycles. The fourth-order valence-corrected chi connectivity index (χ4v) is 1.41. The van der Waals surface area contributed by atoms with Crippen molar-refractivity contribution in [2.45, 2.75) is 6.04 Å². The van der Waals surface area contributed by atoms with Crippen LogP contribution in [0.3, 0.4) is 0 Å². The zero-order valence-corrected chi connectivity index (χ0v) is 9.44. The number of amides is 1. The second-order valence-corrected chi connectivity index (χ2v) is 3.53. The van der Waals surface area contributed by atoms with Crippen molar-refractivity contribution in [1.82, 2.24) is 15.6 Å². The summed E-state index contributed by atoms with van der Waals surface area (Å²) in [6.45, 7) is 1.65. The molecule has 1 aromatic heterocycles. The lowest BCUT2D eigenvalue weighted by Gasteiger charge is -2.27. The van der Waals surface area contributed by atoms with E-state index in [2.05, 4.69) is 15.6 Å². The maximum absolute atomic E-state index is 11.6. The van der Waals surface area contributed by atoms with E-state index in [4.69, 9.17) is 11.6 Å². The first kappa shape index (κ1) is 12.2. The highest BCUT2D eigenvalue weighted by Crippen LogP contribution is 2.11. The Morgan fingerprint density at radius 1 is 1.60 bits per heavy atom. The summed E-state index contributed by atoms with van der Waals surface area (Å²) in [5, 5.41) is 6.16. The van der Waals surface area contributed by atoms with Crippen molar-refractivity contribution >= 4 is 29.9 Å². The van der Waals surface area contributed by atoms with Crippen molar-refractivity contribution in [2.24, 2.45) is 0 Å². The molecule has 4 nitrogen and oxygen atoms in total. The van der Waals surface area contributed by atoms with Crippen LogP contribution in [0.25, 0.3) is 0 Å². The molecule has 0 aliphatic carbocycles. The van der Waals surface area contributed by atoms with Crippen molar-refractivity contribution in [3.8, 4) is 0 Å².